The van der Waals surface area contributed by atoms with Gasteiger partial charge in [-0.1, -0.05) is 26.0 Å². The number of carbonyl (C=O) groups excluding carboxylic acids is 1. The third-order valence-corrected chi connectivity index (χ3v) is 6.80. The van der Waals surface area contributed by atoms with Crippen LogP contribution in [0.25, 0.3) is 11.3 Å². The molecule has 1 aromatic heterocycles. The molecule has 0 radical (unpaired) electrons. The van der Waals surface area contributed by atoms with E-state index in [1.807, 2.05) is 12.1 Å². The average Bonchev–Trinajstić information content (AvgIpc) is 3.29. The number of rotatable bonds is 3. The maximum atomic E-state index is 12.7. The van der Waals surface area contributed by atoms with Gasteiger partial charge in [0.25, 0.3) is 0 Å². The lowest BCUT2D eigenvalue weighted by Crippen LogP contribution is -2.53. The molecule has 1 unspecified atom stereocenters. The van der Waals surface area contributed by atoms with Gasteiger partial charge in [-0.25, -0.2) is 4.79 Å². The molecule has 2 atom stereocenters. The smallest absolute Gasteiger partial charge is 0.407 e. The highest BCUT2D eigenvalue weighted by Gasteiger charge is 2.42. The first kappa shape index (κ1) is 17.8. The van der Waals surface area contributed by atoms with Crippen LogP contribution in [-0.2, 0) is 11.2 Å². The van der Waals surface area contributed by atoms with Crippen molar-refractivity contribution in [3.8, 4) is 11.3 Å². The molecule has 1 aromatic carbocycles. The molecular formula is C23H28N2O3. The summed E-state index contributed by atoms with van der Waals surface area (Å²) < 4.78 is 11.4. The number of nitrogens with zero attached hydrogens (tertiary/aromatic N) is 1. The van der Waals surface area contributed by atoms with Crippen LogP contribution in [0.15, 0.2) is 41.0 Å². The Hall–Kier alpha value is -2.27. The molecule has 4 heterocycles. The Morgan fingerprint density at radius 1 is 1.25 bits per heavy atom. The Bertz CT molecular complexity index is 866. The minimum Gasteiger partial charge on any atom is -0.464 e. The Kier molecular flexibility index (Phi) is 4.23. The molecule has 3 fully saturated rings. The molecule has 1 N–H and O–H groups in total. The number of fused-ring (bicyclic) bond motifs is 4. The largest absolute Gasteiger partial charge is 0.464 e. The minimum absolute atomic E-state index is 0.0350. The van der Waals surface area contributed by atoms with Crippen molar-refractivity contribution in [3.05, 3.63) is 47.7 Å². The van der Waals surface area contributed by atoms with E-state index < -0.39 is 0 Å². The summed E-state index contributed by atoms with van der Waals surface area (Å²) in [4.78, 5) is 15.1. The predicted octanol–water partition coefficient (Wildman–Crippen LogP) is 4.39. The van der Waals surface area contributed by atoms with Crippen molar-refractivity contribution in [2.24, 2.45) is 11.3 Å². The summed E-state index contributed by atoms with van der Waals surface area (Å²) >= 11 is 0. The topological polar surface area (TPSA) is 54.7 Å². The number of hydrogen-bond donors (Lipinski definition) is 1. The Morgan fingerprint density at radius 3 is 2.75 bits per heavy atom. The van der Waals surface area contributed by atoms with Gasteiger partial charge in [-0.05, 0) is 73.0 Å². The van der Waals surface area contributed by atoms with Crippen LogP contribution in [-0.4, -0.2) is 36.7 Å². The van der Waals surface area contributed by atoms with E-state index in [4.69, 9.17) is 9.15 Å². The second kappa shape index (κ2) is 6.66. The van der Waals surface area contributed by atoms with Crippen LogP contribution < -0.4 is 5.32 Å². The van der Waals surface area contributed by atoms with Crippen molar-refractivity contribution >= 4 is 6.09 Å². The van der Waals surface area contributed by atoms with Crippen LogP contribution in [0.4, 0.5) is 4.79 Å². The average molecular weight is 380 g/mol. The molecule has 28 heavy (non-hydrogen) atoms. The highest BCUT2D eigenvalue weighted by atomic mass is 16.6. The van der Waals surface area contributed by atoms with Crippen molar-refractivity contribution < 1.29 is 13.9 Å². The minimum atomic E-state index is -0.278. The fraction of sp³-hybridized carbons (Fsp3) is 0.522. The molecule has 3 aliphatic heterocycles. The molecule has 6 rings (SSSR count). The summed E-state index contributed by atoms with van der Waals surface area (Å²) in [6.07, 6.45) is 4.66. The van der Waals surface area contributed by atoms with Gasteiger partial charge in [0.15, 0.2) is 0 Å². The quantitative estimate of drug-likeness (QED) is 0.858. The second-order valence-electron chi connectivity index (χ2n) is 9.22. The lowest BCUT2D eigenvalue weighted by molar-refractivity contribution is -0.0348. The van der Waals surface area contributed by atoms with E-state index in [2.05, 4.69) is 42.3 Å². The van der Waals surface area contributed by atoms with Gasteiger partial charge in [-0.15, -0.1) is 0 Å². The van der Waals surface area contributed by atoms with Gasteiger partial charge in [0.1, 0.15) is 11.9 Å². The SMILES string of the molecule is CC1(C)Cc2cc(-c3ccco3)ccc2C1NC(=O)O[C@H]1CN2CCC1CC2. The third-order valence-electron chi connectivity index (χ3n) is 6.80. The maximum Gasteiger partial charge on any atom is 0.407 e. The first-order valence-corrected chi connectivity index (χ1v) is 10.4. The molecule has 2 bridgehead atoms. The number of hydrogen-bond acceptors (Lipinski definition) is 4. The molecule has 1 amide bonds. The summed E-state index contributed by atoms with van der Waals surface area (Å²) in [5.74, 6) is 1.40. The second-order valence-corrected chi connectivity index (χ2v) is 9.22. The summed E-state index contributed by atoms with van der Waals surface area (Å²) in [5, 5.41) is 3.18. The van der Waals surface area contributed by atoms with Crippen LogP contribution in [0, 0.1) is 11.3 Å². The molecule has 0 saturated carbocycles. The predicted molar refractivity (Wildman–Crippen MR) is 107 cm³/mol. The van der Waals surface area contributed by atoms with Gasteiger partial charge in [-0.3, -0.25) is 4.90 Å². The summed E-state index contributed by atoms with van der Waals surface area (Å²) in [5.41, 5.74) is 3.48. The Labute approximate surface area is 166 Å². The number of ether oxygens (including phenoxy) is 1. The normalized spacial score (nSPS) is 30.1. The van der Waals surface area contributed by atoms with E-state index in [1.165, 1.54) is 11.1 Å². The molecule has 0 spiro atoms. The number of alkyl carbamates (subject to hydrolysis) is 1. The number of benzene rings is 1. The van der Waals surface area contributed by atoms with E-state index in [0.29, 0.717) is 5.92 Å². The zero-order valence-corrected chi connectivity index (χ0v) is 16.6. The van der Waals surface area contributed by atoms with Crippen LogP contribution in [0.1, 0.15) is 43.9 Å². The fourth-order valence-corrected chi connectivity index (χ4v) is 5.26. The maximum absolute atomic E-state index is 12.7. The van der Waals surface area contributed by atoms with Gasteiger partial charge < -0.3 is 14.5 Å². The fourth-order valence-electron chi connectivity index (χ4n) is 5.26. The highest BCUT2D eigenvalue weighted by molar-refractivity contribution is 5.69. The first-order valence-electron chi connectivity index (χ1n) is 10.4. The number of nitrogens with one attached hydrogen (secondary N) is 1. The Morgan fingerprint density at radius 2 is 2.07 bits per heavy atom. The molecule has 1 aliphatic carbocycles. The lowest BCUT2D eigenvalue weighted by atomic mass is 9.85. The first-order chi connectivity index (χ1) is 13.5. The van der Waals surface area contributed by atoms with Crippen molar-refractivity contribution in [2.45, 2.75) is 45.3 Å². The summed E-state index contributed by atoms with van der Waals surface area (Å²) in [6.45, 7) is 7.59. The zero-order valence-electron chi connectivity index (χ0n) is 16.6. The van der Waals surface area contributed by atoms with Crippen LogP contribution in [0.2, 0.25) is 0 Å². The number of amides is 1. The van der Waals surface area contributed by atoms with E-state index in [9.17, 15) is 4.79 Å². The van der Waals surface area contributed by atoms with E-state index in [1.54, 1.807) is 6.26 Å². The third kappa shape index (κ3) is 3.12. The van der Waals surface area contributed by atoms with Gasteiger partial charge in [0.2, 0.25) is 0 Å². The van der Waals surface area contributed by atoms with Crippen molar-refractivity contribution in [2.75, 3.05) is 19.6 Å². The van der Waals surface area contributed by atoms with E-state index in [0.717, 1.165) is 50.2 Å². The molecular weight excluding hydrogens is 352 g/mol. The number of piperidine rings is 3. The van der Waals surface area contributed by atoms with Crippen molar-refractivity contribution in [3.63, 3.8) is 0 Å². The van der Waals surface area contributed by atoms with Gasteiger partial charge in [0.05, 0.1) is 12.3 Å². The highest BCUT2D eigenvalue weighted by Crippen LogP contribution is 2.46. The number of furan rings is 1. The summed E-state index contributed by atoms with van der Waals surface area (Å²) in [7, 11) is 0. The van der Waals surface area contributed by atoms with Gasteiger partial charge in [0, 0.05) is 12.1 Å². The zero-order chi connectivity index (χ0) is 19.3. The van der Waals surface area contributed by atoms with Gasteiger partial charge >= 0.3 is 6.09 Å². The molecule has 148 valence electrons. The van der Waals surface area contributed by atoms with Crippen LogP contribution in [0.3, 0.4) is 0 Å². The molecule has 4 aliphatic rings. The monoisotopic (exact) mass is 380 g/mol. The van der Waals surface area contributed by atoms with E-state index >= 15 is 0 Å². The lowest BCUT2D eigenvalue weighted by Gasteiger charge is -2.44. The number of carbonyl (C=O) groups is 1. The van der Waals surface area contributed by atoms with Crippen LogP contribution in [0.5, 0.6) is 0 Å². The van der Waals surface area contributed by atoms with Gasteiger partial charge in [-0.2, -0.15) is 0 Å². The van der Waals surface area contributed by atoms with Crippen molar-refractivity contribution in [1.29, 1.82) is 0 Å². The standard InChI is InChI=1S/C23H28N2O3/c1-23(2)13-17-12-16(19-4-3-11-27-19)5-6-18(17)21(23)24-22(26)28-20-14-25-9-7-15(20)8-10-25/h3-6,11-12,15,20-21H,7-10,13-14H2,1-2H3,(H,24,26)/t20-,21?/m0/s1. The molecule has 3 saturated heterocycles. The van der Waals surface area contributed by atoms with Crippen LogP contribution >= 0.6 is 0 Å². The molecule has 2 aromatic rings. The Balaban J connectivity index is 1.32. The molecule has 5 heteroatoms. The molecule has 5 nitrogen and oxygen atoms in total. The summed E-state index contributed by atoms with van der Waals surface area (Å²) in [6, 6.07) is 10.2. The van der Waals surface area contributed by atoms with Crippen molar-refractivity contribution in [1.82, 2.24) is 10.2 Å². The van der Waals surface area contributed by atoms with E-state index in [-0.39, 0.29) is 23.7 Å².